The van der Waals surface area contributed by atoms with Crippen LogP contribution in [-0.4, -0.2) is 59.1 Å². The van der Waals surface area contributed by atoms with Crippen LogP contribution in [-0.2, 0) is 29.4 Å². The number of likely N-dealkylation sites (tertiary alicyclic amines) is 1. The highest BCUT2D eigenvalue weighted by Gasteiger charge is 2.43. The van der Waals surface area contributed by atoms with Crippen LogP contribution in [0.4, 0.5) is 4.79 Å². The van der Waals surface area contributed by atoms with Gasteiger partial charge in [-0.1, -0.05) is 60.7 Å². The molecule has 1 unspecified atom stereocenters. The van der Waals surface area contributed by atoms with E-state index in [2.05, 4.69) is 0 Å². The van der Waals surface area contributed by atoms with Crippen LogP contribution in [0.15, 0.2) is 60.7 Å². The Morgan fingerprint density at radius 2 is 1.40 bits per heavy atom. The number of benzene rings is 2. The average Bonchev–Trinajstić information content (AvgIpc) is 2.84. The second-order valence-electron chi connectivity index (χ2n) is 9.11. The van der Waals surface area contributed by atoms with Crippen molar-refractivity contribution in [3.05, 3.63) is 71.8 Å². The monoisotopic (exact) mass is 484 g/mol. The molecule has 1 heterocycles. The Kier molecular flexibility index (Phi) is 8.14. The quantitative estimate of drug-likeness (QED) is 0.453. The Hall–Kier alpha value is -3.43. The first-order valence-electron chi connectivity index (χ1n) is 11.5. The standard InChI is InChI=1S/C26H32N2O7/c1-18(33-22(29)25(2,3)27)34-24(31)28-16-14-21(15-17-28)35-23(30)26(32,19-10-6-4-7-11-19)20-12-8-5-9-13-20/h4-13,18,21,32H,14-17,27H2,1-3H3. The van der Waals surface area contributed by atoms with E-state index in [-0.39, 0.29) is 13.1 Å². The van der Waals surface area contributed by atoms with E-state index in [1.165, 1.54) is 25.7 Å². The molecule has 9 heteroatoms. The van der Waals surface area contributed by atoms with Crippen LogP contribution in [0.5, 0.6) is 0 Å². The van der Waals surface area contributed by atoms with Gasteiger partial charge in [-0.15, -0.1) is 0 Å². The lowest BCUT2D eigenvalue weighted by Crippen LogP contribution is -2.47. The van der Waals surface area contributed by atoms with Crippen molar-refractivity contribution >= 4 is 18.0 Å². The van der Waals surface area contributed by atoms with E-state index in [1.54, 1.807) is 60.7 Å². The van der Waals surface area contributed by atoms with Gasteiger partial charge in [0, 0.05) is 32.9 Å². The number of nitrogens with two attached hydrogens (primary N) is 1. The Labute approximate surface area is 204 Å². The molecule has 1 fully saturated rings. The molecule has 0 aromatic heterocycles. The molecule has 188 valence electrons. The van der Waals surface area contributed by atoms with E-state index in [0.29, 0.717) is 24.0 Å². The first-order valence-corrected chi connectivity index (χ1v) is 11.5. The molecule has 3 rings (SSSR count). The molecule has 0 radical (unpaired) electrons. The Morgan fingerprint density at radius 1 is 0.914 bits per heavy atom. The van der Waals surface area contributed by atoms with Gasteiger partial charge >= 0.3 is 18.0 Å². The molecule has 1 aliphatic rings. The van der Waals surface area contributed by atoms with E-state index in [9.17, 15) is 19.5 Å². The van der Waals surface area contributed by atoms with Crippen LogP contribution < -0.4 is 5.73 Å². The number of piperidine rings is 1. The fourth-order valence-electron chi connectivity index (χ4n) is 3.70. The smallest absolute Gasteiger partial charge is 0.412 e. The van der Waals surface area contributed by atoms with Gasteiger partial charge in [-0.25, -0.2) is 14.4 Å². The number of ether oxygens (including phenoxy) is 3. The fourth-order valence-corrected chi connectivity index (χ4v) is 3.70. The summed E-state index contributed by atoms with van der Waals surface area (Å²) < 4.78 is 15.9. The molecule has 0 saturated carbocycles. The summed E-state index contributed by atoms with van der Waals surface area (Å²) in [5, 5.41) is 11.5. The molecule has 2 aromatic rings. The predicted molar refractivity (Wildman–Crippen MR) is 127 cm³/mol. The minimum atomic E-state index is -1.96. The van der Waals surface area contributed by atoms with Crippen LogP contribution >= 0.6 is 0 Å². The molecule has 9 nitrogen and oxygen atoms in total. The highest BCUT2D eigenvalue weighted by molar-refractivity contribution is 5.85. The molecular weight excluding hydrogens is 452 g/mol. The van der Waals surface area contributed by atoms with E-state index >= 15 is 0 Å². The summed E-state index contributed by atoms with van der Waals surface area (Å²) in [7, 11) is 0. The predicted octanol–water partition coefficient (Wildman–Crippen LogP) is 2.69. The first kappa shape index (κ1) is 26.2. The van der Waals surface area contributed by atoms with Crippen molar-refractivity contribution in [3.63, 3.8) is 0 Å². The molecule has 0 aliphatic carbocycles. The van der Waals surface area contributed by atoms with Crippen LogP contribution in [0, 0.1) is 0 Å². The lowest BCUT2D eigenvalue weighted by molar-refractivity contribution is -0.172. The fraction of sp³-hybridized carbons (Fsp3) is 0.423. The highest BCUT2D eigenvalue weighted by Crippen LogP contribution is 2.32. The molecule has 2 aromatic carbocycles. The second kappa shape index (κ2) is 10.9. The largest absolute Gasteiger partial charge is 0.460 e. The molecule has 1 saturated heterocycles. The van der Waals surface area contributed by atoms with E-state index < -0.39 is 41.6 Å². The van der Waals surface area contributed by atoms with Gasteiger partial charge in [-0.2, -0.15) is 0 Å². The number of hydrogen-bond acceptors (Lipinski definition) is 8. The normalized spacial score (nSPS) is 15.7. The number of carbonyl (C=O) groups excluding carboxylic acids is 3. The summed E-state index contributed by atoms with van der Waals surface area (Å²) in [6.45, 7) is 4.97. The number of nitrogens with zero attached hydrogens (tertiary/aromatic N) is 1. The minimum Gasteiger partial charge on any atom is -0.460 e. The molecule has 0 spiro atoms. The van der Waals surface area contributed by atoms with E-state index in [0.717, 1.165) is 0 Å². The minimum absolute atomic E-state index is 0.273. The van der Waals surface area contributed by atoms with Crippen LogP contribution in [0.1, 0.15) is 44.7 Å². The van der Waals surface area contributed by atoms with Gasteiger partial charge in [-0.05, 0) is 25.0 Å². The summed E-state index contributed by atoms with van der Waals surface area (Å²) >= 11 is 0. The maximum atomic E-state index is 13.2. The summed E-state index contributed by atoms with van der Waals surface area (Å²) in [6.07, 6.45) is -1.50. The number of amides is 1. The van der Waals surface area contributed by atoms with E-state index in [1.807, 2.05) is 0 Å². The zero-order chi connectivity index (χ0) is 25.6. The molecule has 1 atom stereocenters. The topological polar surface area (TPSA) is 128 Å². The summed E-state index contributed by atoms with van der Waals surface area (Å²) in [5.41, 5.74) is 3.32. The van der Waals surface area contributed by atoms with Gasteiger partial charge < -0.3 is 30.0 Å². The van der Waals surface area contributed by atoms with Gasteiger partial charge in [0.25, 0.3) is 0 Å². The Bertz CT molecular complexity index is 974. The molecule has 3 N–H and O–H groups in total. The van der Waals surface area contributed by atoms with Crippen molar-refractivity contribution in [1.29, 1.82) is 0 Å². The molecule has 35 heavy (non-hydrogen) atoms. The van der Waals surface area contributed by atoms with Crippen molar-refractivity contribution in [2.75, 3.05) is 13.1 Å². The van der Waals surface area contributed by atoms with Crippen LogP contribution in [0.3, 0.4) is 0 Å². The Morgan fingerprint density at radius 3 is 1.86 bits per heavy atom. The van der Waals surface area contributed by atoms with E-state index in [4.69, 9.17) is 19.9 Å². The summed E-state index contributed by atoms with van der Waals surface area (Å²) in [6, 6.07) is 17.3. The third-order valence-corrected chi connectivity index (χ3v) is 5.72. The number of esters is 2. The van der Waals surface area contributed by atoms with Crippen molar-refractivity contribution in [3.8, 4) is 0 Å². The van der Waals surface area contributed by atoms with Gasteiger partial charge in [0.1, 0.15) is 11.6 Å². The lowest BCUT2D eigenvalue weighted by Gasteiger charge is -2.34. The molecule has 1 amide bonds. The summed E-state index contributed by atoms with van der Waals surface area (Å²) in [5.74, 6) is -1.46. The average molecular weight is 485 g/mol. The number of hydrogen-bond donors (Lipinski definition) is 2. The number of rotatable bonds is 7. The van der Waals surface area contributed by atoms with Crippen molar-refractivity contribution in [1.82, 2.24) is 4.90 Å². The third-order valence-electron chi connectivity index (χ3n) is 5.72. The number of aliphatic hydroxyl groups is 1. The maximum absolute atomic E-state index is 13.2. The zero-order valence-corrected chi connectivity index (χ0v) is 20.2. The van der Waals surface area contributed by atoms with Crippen LogP contribution in [0.2, 0.25) is 0 Å². The van der Waals surface area contributed by atoms with Gasteiger partial charge in [0.05, 0.1) is 0 Å². The molecule has 1 aliphatic heterocycles. The lowest BCUT2D eigenvalue weighted by atomic mass is 9.86. The highest BCUT2D eigenvalue weighted by atomic mass is 16.7. The molecular formula is C26H32N2O7. The van der Waals surface area contributed by atoms with Gasteiger partial charge in [0.2, 0.25) is 11.9 Å². The van der Waals surface area contributed by atoms with Crippen LogP contribution in [0.25, 0.3) is 0 Å². The third kappa shape index (κ3) is 6.37. The van der Waals surface area contributed by atoms with Crippen molar-refractivity contribution in [2.24, 2.45) is 5.73 Å². The first-order chi connectivity index (χ1) is 16.5. The Balaban J connectivity index is 1.59. The maximum Gasteiger partial charge on any atom is 0.412 e. The van der Waals surface area contributed by atoms with Gasteiger partial charge in [0.15, 0.2) is 0 Å². The number of carbonyl (C=O) groups is 3. The second-order valence-corrected chi connectivity index (χ2v) is 9.11. The summed E-state index contributed by atoms with van der Waals surface area (Å²) in [4.78, 5) is 39.0. The van der Waals surface area contributed by atoms with Crippen molar-refractivity contribution < 1.29 is 33.7 Å². The zero-order valence-electron chi connectivity index (χ0n) is 20.2. The SMILES string of the molecule is CC(OC(=O)N1CCC(OC(=O)C(O)(c2ccccc2)c2ccccc2)CC1)OC(=O)C(C)(C)N. The van der Waals surface area contributed by atoms with Gasteiger partial charge in [-0.3, -0.25) is 0 Å². The van der Waals surface area contributed by atoms with Crippen molar-refractivity contribution in [2.45, 2.75) is 57.1 Å². The molecule has 0 bridgehead atoms.